The molecular formula is C13H13N3O3. The minimum absolute atomic E-state index is 0.206. The summed E-state index contributed by atoms with van der Waals surface area (Å²) in [7, 11) is 1.61. The summed E-state index contributed by atoms with van der Waals surface area (Å²) in [6, 6.07) is 7.52. The molecule has 0 spiro atoms. The van der Waals surface area contributed by atoms with Crippen LogP contribution in [0.4, 0.5) is 5.95 Å². The molecule has 1 aromatic heterocycles. The molecule has 2 rings (SSSR count). The highest BCUT2D eigenvalue weighted by atomic mass is 16.5. The number of aromatic nitrogens is 2. The Balaban J connectivity index is 2.10. The van der Waals surface area contributed by atoms with Gasteiger partial charge in [-0.3, -0.25) is 4.79 Å². The van der Waals surface area contributed by atoms with Gasteiger partial charge in [-0.1, -0.05) is 12.1 Å². The van der Waals surface area contributed by atoms with Crippen molar-refractivity contribution in [3.63, 3.8) is 0 Å². The number of benzene rings is 1. The van der Waals surface area contributed by atoms with Gasteiger partial charge in [-0.2, -0.15) is 0 Å². The van der Waals surface area contributed by atoms with Gasteiger partial charge < -0.3 is 15.2 Å². The zero-order chi connectivity index (χ0) is 13.7. The topological polar surface area (TPSA) is 84.3 Å². The van der Waals surface area contributed by atoms with Crippen LogP contribution in [0, 0.1) is 0 Å². The molecular weight excluding hydrogens is 246 g/mol. The molecule has 0 unspecified atom stereocenters. The lowest BCUT2D eigenvalue weighted by atomic mass is 10.1. The van der Waals surface area contributed by atoms with E-state index in [4.69, 9.17) is 9.84 Å². The molecule has 2 aromatic rings. The molecule has 19 heavy (non-hydrogen) atoms. The van der Waals surface area contributed by atoms with Gasteiger partial charge in [0.2, 0.25) is 5.95 Å². The second-order valence-corrected chi connectivity index (χ2v) is 3.77. The molecule has 6 heteroatoms. The standard InChI is InChI=1S/C13H13N3O3/c1-19-11-4-2-9(3-5-11)10-6-14-13(15-7-10)16-8-12(17)18/h2-7H,8H2,1H3,(H,17,18)(H,14,15,16). The van der Waals surface area contributed by atoms with Crippen LogP contribution in [0.15, 0.2) is 36.7 Å². The first-order chi connectivity index (χ1) is 9.19. The van der Waals surface area contributed by atoms with E-state index in [1.165, 1.54) is 0 Å². The van der Waals surface area contributed by atoms with Gasteiger partial charge in [-0.05, 0) is 17.7 Å². The normalized spacial score (nSPS) is 9.95. The Labute approximate surface area is 110 Å². The van der Waals surface area contributed by atoms with Gasteiger partial charge in [0.1, 0.15) is 12.3 Å². The summed E-state index contributed by atoms with van der Waals surface area (Å²) < 4.78 is 5.08. The van der Waals surface area contributed by atoms with E-state index in [-0.39, 0.29) is 6.54 Å². The fraction of sp³-hybridized carbons (Fsp3) is 0.154. The molecule has 0 fully saturated rings. The van der Waals surface area contributed by atoms with Crippen molar-refractivity contribution < 1.29 is 14.6 Å². The van der Waals surface area contributed by atoms with Crippen LogP contribution in [-0.2, 0) is 4.79 Å². The summed E-state index contributed by atoms with van der Waals surface area (Å²) in [6.45, 7) is -0.206. The summed E-state index contributed by atoms with van der Waals surface area (Å²) in [5, 5.41) is 11.1. The SMILES string of the molecule is COc1ccc(-c2cnc(NCC(=O)O)nc2)cc1. The Morgan fingerprint density at radius 3 is 2.37 bits per heavy atom. The van der Waals surface area contributed by atoms with Gasteiger partial charge in [-0.25, -0.2) is 9.97 Å². The average molecular weight is 259 g/mol. The summed E-state index contributed by atoms with van der Waals surface area (Å²) >= 11 is 0. The van der Waals surface area contributed by atoms with Crippen molar-refractivity contribution in [1.29, 1.82) is 0 Å². The Morgan fingerprint density at radius 2 is 1.84 bits per heavy atom. The second-order valence-electron chi connectivity index (χ2n) is 3.77. The molecule has 2 N–H and O–H groups in total. The van der Waals surface area contributed by atoms with E-state index in [1.807, 2.05) is 24.3 Å². The zero-order valence-corrected chi connectivity index (χ0v) is 10.3. The van der Waals surface area contributed by atoms with E-state index in [0.717, 1.165) is 16.9 Å². The molecule has 0 aliphatic carbocycles. The number of methoxy groups -OCH3 is 1. The Hall–Kier alpha value is -2.63. The number of nitrogens with zero attached hydrogens (tertiary/aromatic N) is 2. The predicted molar refractivity (Wildman–Crippen MR) is 70.1 cm³/mol. The minimum Gasteiger partial charge on any atom is -0.497 e. The number of nitrogens with one attached hydrogen (secondary N) is 1. The highest BCUT2D eigenvalue weighted by Crippen LogP contribution is 2.21. The monoisotopic (exact) mass is 259 g/mol. The molecule has 0 radical (unpaired) electrons. The van der Waals surface area contributed by atoms with Crippen molar-refractivity contribution in [3.05, 3.63) is 36.7 Å². The first-order valence-electron chi connectivity index (χ1n) is 5.61. The van der Waals surface area contributed by atoms with E-state index >= 15 is 0 Å². The van der Waals surface area contributed by atoms with E-state index in [9.17, 15) is 4.79 Å². The molecule has 1 aromatic carbocycles. The number of carbonyl (C=O) groups is 1. The maximum absolute atomic E-state index is 10.4. The Kier molecular flexibility index (Phi) is 3.92. The lowest BCUT2D eigenvalue weighted by molar-refractivity contribution is -0.134. The molecule has 98 valence electrons. The first-order valence-corrected chi connectivity index (χ1v) is 5.61. The molecule has 0 atom stereocenters. The smallest absolute Gasteiger partial charge is 0.322 e. The average Bonchev–Trinajstić information content (AvgIpc) is 2.46. The van der Waals surface area contributed by atoms with Gasteiger partial charge in [0, 0.05) is 18.0 Å². The largest absolute Gasteiger partial charge is 0.497 e. The van der Waals surface area contributed by atoms with E-state index in [0.29, 0.717) is 5.95 Å². The number of carboxylic acids is 1. The highest BCUT2D eigenvalue weighted by Gasteiger charge is 2.02. The highest BCUT2D eigenvalue weighted by molar-refractivity contribution is 5.72. The Bertz CT molecular complexity index is 552. The zero-order valence-electron chi connectivity index (χ0n) is 10.3. The van der Waals surface area contributed by atoms with Crippen molar-refractivity contribution in [2.75, 3.05) is 19.0 Å². The first kappa shape index (κ1) is 12.8. The number of ether oxygens (including phenoxy) is 1. The number of carboxylic acid groups (broad SMARTS) is 1. The maximum Gasteiger partial charge on any atom is 0.322 e. The van der Waals surface area contributed by atoms with Crippen molar-refractivity contribution in [3.8, 4) is 16.9 Å². The van der Waals surface area contributed by atoms with Gasteiger partial charge in [0.15, 0.2) is 0 Å². The van der Waals surface area contributed by atoms with Crippen molar-refractivity contribution in [2.45, 2.75) is 0 Å². The summed E-state index contributed by atoms with van der Waals surface area (Å²) in [5.41, 5.74) is 1.81. The van der Waals surface area contributed by atoms with Gasteiger partial charge >= 0.3 is 5.97 Å². The van der Waals surface area contributed by atoms with Crippen LogP contribution in [0.25, 0.3) is 11.1 Å². The maximum atomic E-state index is 10.4. The van der Waals surface area contributed by atoms with Gasteiger partial charge in [0.25, 0.3) is 0 Å². The van der Waals surface area contributed by atoms with Crippen LogP contribution in [0.2, 0.25) is 0 Å². The number of anilines is 1. The van der Waals surface area contributed by atoms with Crippen molar-refractivity contribution in [2.24, 2.45) is 0 Å². The summed E-state index contributed by atoms with van der Waals surface area (Å²) in [6.07, 6.45) is 3.28. The molecule has 0 bridgehead atoms. The lowest BCUT2D eigenvalue weighted by Crippen LogP contribution is -2.14. The molecule has 6 nitrogen and oxygen atoms in total. The number of hydrogen-bond donors (Lipinski definition) is 2. The second kappa shape index (κ2) is 5.81. The van der Waals surface area contributed by atoms with E-state index in [1.54, 1.807) is 19.5 Å². The third-order valence-electron chi connectivity index (χ3n) is 2.47. The van der Waals surface area contributed by atoms with E-state index < -0.39 is 5.97 Å². The number of rotatable bonds is 5. The number of aliphatic carboxylic acids is 1. The Morgan fingerprint density at radius 1 is 1.21 bits per heavy atom. The molecule has 0 amide bonds. The minimum atomic E-state index is -0.956. The van der Waals surface area contributed by atoms with Crippen LogP contribution in [-0.4, -0.2) is 34.7 Å². The summed E-state index contributed by atoms with van der Waals surface area (Å²) in [4.78, 5) is 18.5. The van der Waals surface area contributed by atoms with Crippen LogP contribution < -0.4 is 10.1 Å². The van der Waals surface area contributed by atoms with Crippen LogP contribution >= 0.6 is 0 Å². The third-order valence-corrected chi connectivity index (χ3v) is 2.47. The third kappa shape index (κ3) is 3.41. The van der Waals surface area contributed by atoms with Gasteiger partial charge in [-0.15, -0.1) is 0 Å². The predicted octanol–water partition coefficient (Wildman–Crippen LogP) is 1.65. The summed E-state index contributed by atoms with van der Waals surface area (Å²) in [5.74, 6) is 0.118. The molecule has 0 saturated carbocycles. The van der Waals surface area contributed by atoms with Crippen LogP contribution in [0.1, 0.15) is 0 Å². The van der Waals surface area contributed by atoms with E-state index in [2.05, 4.69) is 15.3 Å². The molecule has 0 saturated heterocycles. The van der Waals surface area contributed by atoms with Crippen molar-refractivity contribution in [1.82, 2.24) is 9.97 Å². The van der Waals surface area contributed by atoms with Crippen LogP contribution in [0.5, 0.6) is 5.75 Å². The molecule has 0 aliphatic heterocycles. The molecule has 1 heterocycles. The lowest BCUT2D eigenvalue weighted by Gasteiger charge is -2.05. The van der Waals surface area contributed by atoms with Crippen LogP contribution in [0.3, 0.4) is 0 Å². The quantitative estimate of drug-likeness (QED) is 0.849. The molecule has 0 aliphatic rings. The fourth-order valence-electron chi connectivity index (χ4n) is 1.51. The number of hydrogen-bond acceptors (Lipinski definition) is 5. The van der Waals surface area contributed by atoms with Crippen molar-refractivity contribution >= 4 is 11.9 Å². The van der Waals surface area contributed by atoms with Gasteiger partial charge in [0.05, 0.1) is 7.11 Å². The fourth-order valence-corrected chi connectivity index (χ4v) is 1.51.